The van der Waals surface area contributed by atoms with E-state index in [-0.39, 0.29) is 12.2 Å². The zero-order valence-electron chi connectivity index (χ0n) is 9.76. The van der Waals surface area contributed by atoms with Gasteiger partial charge in [-0.2, -0.15) is 0 Å². The normalized spacial score (nSPS) is 10.5. The quantitative estimate of drug-likeness (QED) is 0.875. The van der Waals surface area contributed by atoms with Gasteiger partial charge in [0, 0.05) is 12.1 Å². The Hall–Kier alpha value is -1.87. The second-order valence-corrected chi connectivity index (χ2v) is 3.82. The molecule has 0 saturated carbocycles. The van der Waals surface area contributed by atoms with Gasteiger partial charge in [-0.05, 0) is 24.6 Å². The van der Waals surface area contributed by atoms with Crippen LogP contribution in [0.25, 0.3) is 11.3 Å². The van der Waals surface area contributed by atoms with E-state index in [1.165, 1.54) is 0 Å². The predicted molar refractivity (Wildman–Crippen MR) is 67.7 cm³/mol. The number of hydrogen-bond donors (Lipinski definition) is 1. The van der Waals surface area contributed by atoms with Crippen LogP contribution in [0.5, 0.6) is 0 Å². The summed E-state index contributed by atoms with van der Waals surface area (Å²) in [6.07, 6.45) is 0. The molecule has 1 N–H and O–H groups in total. The molecule has 0 aliphatic rings. The number of aromatic nitrogens is 1. The second-order valence-electron chi connectivity index (χ2n) is 3.82. The van der Waals surface area contributed by atoms with E-state index in [1.54, 1.807) is 10.6 Å². The maximum atomic E-state index is 12.0. The highest BCUT2D eigenvalue weighted by molar-refractivity contribution is 5.59. The Balaban J connectivity index is 2.64. The molecule has 2 aromatic rings. The summed E-state index contributed by atoms with van der Waals surface area (Å²) in [5, 5.41) is 9.09. The third-order valence-electron chi connectivity index (χ3n) is 2.81. The number of pyridine rings is 1. The molecule has 3 heteroatoms. The van der Waals surface area contributed by atoms with Gasteiger partial charge in [0.1, 0.15) is 0 Å². The average Bonchev–Trinajstić information content (AvgIpc) is 2.39. The molecular formula is C14H15NO2. The zero-order chi connectivity index (χ0) is 12.3. The molecular weight excluding hydrogens is 214 g/mol. The molecule has 0 amide bonds. The number of aliphatic hydroxyl groups is 1. The summed E-state index contributed by atoms with van der Waals surface area (Å²) in [7, 11) is 0. The van der Waals surface area contributed by atoms with Gasteiger partial charge < -0.3 is 9.67 Å². The van der Waals surface area contributed by atoms with Crippen LogP contribution < -0.4 is 5.56 Å². The third-order valence-corrected chi connectivity index (χ3v) is 2.81. The van der Waals surface area contributed by atoms with Crippen molar-refractivity contribution in [3.05, 3.63) is 58.4 Å². The molecule has 0 unspecified atom stereocenters. The minimum absolute atomic E-state index is 0.114. The van der Waals surface area contributed by atoms with Gasteiger partial charge in [-0.25, -0.2) is 0 Å². The molecule has 1 heterocycles. The van der Waals surface area contributed by atoms with Crippen LogP contribution in [-0.4, -0.2) is 9.67 Å². The standard InChI is InChI=1S/C14H15NO2/c1-2-15-13(11-6-4-3-5-7-11)9-8-12(10-16)14(15)17/h3-9,16H,2,10H2,1H3. The zero-order valence-corrected chi connectivity index (χ0v) is 9.76. The van der Waals surface area contributed by atoms with E-state index in [0.717, 1.165) is 11.3 Å². The lowest BCUT2D eigenvalue weighted by Crippen LogP contribution is -2.24. The molecule has 3 nitrogen and oxygen atoms in total. The summed E-state index contributed by atoms with van der Waals surface area (Å²) >= 11 is 0. The highest BCUT2D eigenvalue weighted by Gasteiger charge is 2.07. The smallest absolute Gasteiger partial charge is 0.256 e. The molecule has 0 aliphatic carbocycles. The predicted octanol–water partition coefficient (Wildman–Crippen LogP) is 2.03. The lowest BCUT2D eigenvalue weighted by atomic mass is 10.1. The number of hydrogen-bond acceptors (Lipinski definition) is 2. The van der Waals surface area contributed by atoms with Gasteiger partial charge in [0.25, 0.3) is 5.56 Å². The van der Waals surface area contributed by atoms with Crippen molar-refractivity contribution in [2.45, 2.75) is 20.1 Å². The maximum Gasteiger partial charge on any atom is 0.256 e. The van der Waals surface area contributed by atoms with Crippen molar-refractivity contribution in [1.29, 1.82) is 0 Å². The molecule has 0 atom stereocenters. The Morgan fingerprint density at radius 3 is 2.41 bits per heavy atom. The first-order chi connectivity index (χ1) is 8.27. The molecule has 0 radical (unpaired) electrons. The molecule has 0 saturated heterocycles. The molecule has 0 fully saturated rings. The Bertz CT molecular complexity index is 558. The van der Waals surface area contributed by atoms with Crippen molar-refractivity contribution in [1.82, 2.24) is 4.57 Å². The summed E-state index contributed by atoms with van der Waals surface area (Å²) in [6.45, 7) is 2.31. The highest BCUT2D eigenvalue weighted by Crippen LogP contribution is 2.17. The summed E-state index contributed by atoms with van der Waals surface area (Å²) in [5.41, 5.74) is 2.22. The van der Waals surface area contributed by atoms with Gasteiger partial charge in [-0.1, -0.05) is 30.3 Å². The SMILES string of the molecule is CCn1c(-c2ccccc2)ccc(CO)c1=O. The van der Waals surface area contributed by atoms with Crippen LogP contribution in [0, 0.1) is 0 Å². The Morgan fingerprint density at radius 1 is 1.12 bits per heavy atom. The fourth-order valence-electron chi connectivity index (χ4n) is 1.92. The van der Waals surface area contributed by atoms with Crippen molar-refractivity contribution in [2.24, 2.45) is 0 Å². The largest absolute Gasteiger partial charge is 0.391 e. The van der Waals surface area contributed by atoms with E-state index in [0.29, 0.717) is 12.1 Å². The molecule has 88 valence electrons. The first kappa shape index (κ1) is 11.6. The summed E-state index contributed by atoms with van der Waals surface area (Å²) < 4.78 is 1.68. The van der Waals surface area contributed by atoms with Crippen LogP contribution in [0.4, 0.5) is 0 Å². The van der Waals surface area contributed by atoms with E-state index in [2.05, 4.69) is 0 Å². The van der Waals surface area contributed by atoms with Crippen molar-refractivity contribution < 1.29 is 5.11 Å². The van der Waals surface area contributed by atoms with E-state index < -0.39 is 0 Å². The second kappa shape index (κ2) is 4.97. The van der Waals surface area contributed by atoms with Crippen LogP contribution in [-0.2, 0) is 13.2 Å². The van der Waals surface area contributed by atoms with Crippen LogP contribution in [0.3, 0.4) is 0 Å². The van der Waals surface area contributed by atoms with Crippen molar-refractivity contribution in [3.8, 4) is 11.3 Å². The van der Waals surface area contributed by atoms with Crippen molar-refractivity contribution in [2.75, 3.05) is 0 Å². The van der Waals surface area contributed by atoms with Gasteiger partial charge in [0.2, 0.25) is 0 Å². The fourth-order valence-corrected chi connectivity index (χ4v) is 1.92. The topological polar surface area (TPSA) is 42.2 Å². The van der Waals surface area contributed by atoms with Crippen molar-refractivity contribution >= 4 is 0 Å². The molecule has 2 rings (SSSR count). The van der Waals surface area contributed by atoms with Gasteiger partial charge in [-0.3, -0.25) is 4.79 Å². The van der Waals surface area contributed by atoms with E-state index in [9.17, 15) is 4.79 Å². The molecule has 0 aliphatic heterocycles. The molecule has 17 heavy (non-hydrogen) atoms. The summed E-state index contributed by atoms with van der Waals surface area (Å²) in [6, 6.07) is 13.3. The Morgan fingerprint density at radius 2 is 1.82 bits per heavy atom. The maximum absolute atomic E-state index is 12.0. The fraction of sp³-hybridized carbons (Fsp3) is 0.214. The number of benzene rings is 1. The minimum Gasteiger partial charge on any atom is -0.391 e. The first-order valence-corrected chi connectivity index (χ1v) is 5.67. The average molecular weight is 229 g/mol. The highest BCUT2D eigenvalue weighted by atomic mass is 16.3. The minimum atomic E-state index is -0.214. The van der Waals surface area contributed by atoms with Gasteiger partial charge in [0.05, 0.1) is 12.3 Å². The first-order valence-electron chi connectivity index (χ1n) is 5.67. The van der Waals surface area contributed by atoms with Crippen LogP contribution in [0.15, 0.2) is 47.3 Å². The third kappa shape index (κ3) is 2.15. The Labute approximate surface area is 100.0 Å². The van der Waals surface area contributed by atoms with E-state index in [1.807, 2.05) is 43.3 Å². The molecule has 1 aromatic heterocycles. The summed E-state index contributed by atoms with van der Waals surface area (Å²) in [5.74, 6) is 0. The molecule has 0 spiro atoms. The number of nitrogens with zero attached hydrogens (tertiary/aromatic N) is 1. The van der Waals surface area contributed by atoms with Crippen LogP contribution in [0.2, 0.25) is 0 Å². The van der Waals surface area contributed by atoms with Gasteiger partial charge in [-0.15, -0.1) is 0 Å². The van der Waals surface area contributed by atoms with E-state index in [4.69, 9.17) is 5.11 Å². The molecule has 0 bridgehead atoms. The monoisotopic (exact) mass is 229 g/mol. The lowest BCUT2D eigenvalue weighted by Gasteiger charge is -2.12. The number of aliphatic hydroxyl groups excluding tert-OH is 1. The van der Waals surface area contributed by atoms with Gasteiger partial charge in [0.15, 0.2) is 0 Å². The summed E-state index contributed by atoms with van der Waals surface area (Å²) in [4.78, 5) is 12.0. The van der Waals surface area contributed by atoms with Gasteiger partial charge >= 0.3 is 0 Å². The van der Waals surface area contributed by atoms with Crippen LogP contribution >= 0.6 is 0 Å². The number of rotatable bonds is 3. The molecule has 1 aromatic carbocycles. The Kier molecular flexibility index (Phi) is 3.40. The van der Waals surface area contributed by atoms with Crippen molar-refractivity contribution in [3.63, 3.8) is 0 Å². The van der Waals surface area contributed by atoms with Crippen LogP contribution in [0.1, 0.15) is 12.5 Å². The van der Waals surface area contributed by atoms with E-state index >= 15 is 0 Å². The lowest BCUT2D eigenvalue weighted by molar-refractivity contribution is 0.279.